The fraction of sp³-hybridized carbons (Fsp3) is 0.833. The first kappa shape index (κ1) is 12.4. The van der Waals surface area contributed by atoms with Gasteiger partial charge in [0.2, 0.25) is 5.91 Å². The zero-order valence-corrected chi connectivity index (χ0v) is 10.2. The molecule has 2 fully saturated rings. The first-order valence-corrected chi connectivity index (χ1v) is 6.33. The largest absolute Gasteiger partial charge is 0.480 e. The molecule has 96 valence electrons. The maximum Gasteiger partial charge on any atom is 0.326 e. The van der Waals surface area contributed by atoms with E-state index >= 15 is 0 Å². The lowest BCUT2D eigenvalue weighted by Gasteiger charge is -2.37. The van der Waals surface area contributed by atoms with E-state index in [1.165, 1.54) is 0 Å². The highest BCUT2D eigenvalue weighted by atomic mass is 16.4. The Morgan fingerprint density at radius 3 is 2.71 bits per heavy atom. The lowest BCUT2D eigenvalue weighted by molar-refractivity contribution is -0.151. The van der Waals surface area contributed by atoms with Crippen molar-refractivity contribution in [1.82, 2.24) is 10.2 Å². The summed E-state index contributed by atoms with van der Waals surface area (Å²) >= 11 is 0. The van der Waals surface area contributed by atoms with Crippen molar-refractivity contribution < 1.29 is 14.7 Å². The fourth-order valence-electron chi connectivity index (χ4n) is 2.82. The Labute approximate surface area is 101 Å². The van der Waals surface area contributed by atoms with Crippen LogP contribution in [-0.2, 0) is 9.59 Å². The Kier molecular flexibility index (Phi) is 3.38. The van der Waals surface area contributed by atoms with Crippen LogP contribution in [0, 0.1) is 0 Å². The molecule has 2 N–H and O–H groups in total. The van der Waals surface area contributed by atoms with Crippen molar-refractivity contribution in [3.63, 3.8) is 0 Å². The molecule has 17 heavy (non-hydrogen) atoms. The van der Waals surface area contributed by atoms with Gasteiger partial charge in [-0.05, 0) is 45.6 Å². The van der Waals surface area contributed by atoms with Gasteiger partial charge in [0.05, 0.1) is 5.54 Å². The van der Waals surface area contributed by atoms with Crippen molar-refractivity contribution in [2.75, 3.05) is 13.1 Å². The summed E-state index contributed by atoms with van der Waals surface area (Å²) in [5, 5.41) is 12.3. The quantitative estimate of drug-likeness (QED) is 0.741. The van der Waals surface area contributed by atoms with Crippen LogP contribution in [0.1, 0.15) is 39.0 Å². The smallest absolute Gasteiger partial charge is 0.326 e. The zero-order valence-electron chi connectivity index (χ0n) is 10.2. The second kappa shape index (κ2) is 4.64. The molecule has 0 spiro atoms. The molecule has 5 heteroatoms. The van der Waals surface area contributed by atoms with Crippen LogP contribution >= 0.6 is 0 Å². The molecule has 1 unspecified atom stereocenters. The molecule has 2 atom stereocenters. The summed E-state index contributed by atoms with van der Waals surface area (Å²) in [4.78, 5) is 25.1. The Morgan fingerprint density at radius 2 is 2.12 bits per heavy atom. The van der Waals surface area contributed by atoms with Crippen molar-refractivity contribution >= 4 is 11.9 Å². The molecule has 0 aromatic carbocycles. The van der Waals surface area contributed by atoms with E-state index < -0.39 is 17.6 Å². The molecule has 2 aliphatic rings. The van der Waals surface area contributed by atoms with Gasteiger partial charge in [0, 0.05) is 6.54 Å². The van der Waals surface area contributed by atoms with Crippen molar-refractivity contribution in [3.8, 4) is 0 Å². The van der Waals surface area contributed by atoms with E-state index in [0.717, 1.165) is 32.2 Å². The third kappa shape index (κ3) is 2.29. The lowest BCUT2D eigenvalue weighted by atomic mass is 9.89. The molecule has 2 saturated heterocycles. The van der Waals surface area contributed by atoms with E-state index in [2.05, 4.69) is 5.32 Å². The fourth-order valence-corrected chi connectivity index (χ4v) is 2.82. The minimum atomic E-state index is -0.879. The summed E-state index contributed by atoms with van der Waals surface area (Å²) in [6.45, 7) is 3.31. The maximum absolute atomic E-state index is 12.4. The number of rotatable bonds is 2. The average molecular weight is 240 g/mol. The monoisotopic (exact) mass is 240 g/mol. The van der Waals surface area contributed by atoms with E-state index in [1.807, 2.05) is 6.92 Å². The number of amides is 1. The number of carboxylic acid groups (broad SMARTS) is 1. The molecule has 2 heterocycles. The Balaban J connectivity index is 2.10. The normalized spacial score (nSPS) is 33.7. The van der Waals surface area contributed by atoms with Gasteiger partial charge in [-0.1, -0.05) is 0 Å². The molecule has 5 nitrogen and oxygen atoms in total. The first-order valence-electron chi connectivity index (χ1n) is 6.33. The van der Waals surface area contributed by atoms with Gasteiger partial charge in [0.1, 0.15) is 6.04 Å². The minimum absolute atomic E-state index is 0.0397. The van der Waals surface area contributed by atoms with Crippen LogP contribution in [-0.4, -0.2) is 46.6 Å². The minimum Gasteiger partial charge on any atom is -0.480 e. The van der Waals surface area contributed by atoms with Crippen LogP contribution in [0.2, 0.25) is 0 Å². The number of hydrogen-bond acceptors (Lipinski definition) is 3. The molecule has 1 amide bonds. The molecular weight excluding hydrogens is 220 g/mol. The van der Waals surface area contributed by atoms with Crippen LogP contribution in [0.25, 0.3) is 0 Å². The summed E-state index contributed by atoms with van der Waals surface area (Å²) in [5.74, 6) is -0.919. The zero-order chi connectivity index (χ0) is 12.5. The molecule has 2 rings (SSSR count). The second-order valence-electron chi connectivity index (χ2n) is 5.21. The van der Waals surface area contributed by atoms with Gasteiger partial charge in [0.25, 0.3) is 0 Å². The van der Waals surface area contributed by atoms with Crippen molar-refractivity contribution in [2.24, 2.45) is 0 Å². The molecule has 0 radical (unpaired) electrons. The number of nitrogens with zero attached hydrogens (tertiary/aromatic N) is 1. The van der Waals surface area contributed by atoms with E-state index in [9.17, 15) is 9.59 Å². The molecule has 0 aromatic rings. The summed E-state index contributed by atoms with van der Waals surface area (Å²) in [7, 11) is 0. The van der Waals surface area contributed by atoms with Crippen LogP contribution in [0.4, 0.5) is 0 Å². The van der Waals surface area contributed by atoms with Gasteiger partial charge in [-0.2, -0.15) is 0 Å². The topological polar surface area (TPSA) is 69.6 Å². The van der Waals surface area contributed by atoms with E-state index in [-0.39, 0.29) is 5.91 Å². The van der Waals surface area contributed by atoms with Gasteiger partial charge in [-0.25, -0.2) is 4.79 Å². The molecule has 0 bridgehead atoms. The molecule has 2 aliphatic heterocycles. The Bertz CT molecular complexity index is 324. The van der Waals surface area contributed by atoms with Crippen molar-refractivity contribution in [2.45, 2.75) is 50.6 Å². The highest BCUT2D eigenvalue weighted by Gasteiger charge is 2.43. The number of carbonyl (C=O) groups is 2. The van der Waals surface area contributed by atoms with Gasteiger partial charge in [-0.3, -0.25) is 4.79 Å². The van der Waals surface area contributed by atoms with Gasteiger partial charge < -0.3 is 15.3 Å². The number of hydrogen-bond donors (Lipinski definition) is 2. The predicted molar refractivity (Wildman–Crippen MR) is 62.6 cm³/mol. The number of piperidine rings is 1. The highest BCUT2D eigenvalue weighted by Crippen LogP contribution is 2.26. The predicted octanol–water partition coefficient (Wildman–Crippen LogP) is 0.594. The molecule has 0 saturated carbocycles. The molecule has 0 aromatic heterocycles. The van der Waals surface area contributed by atoms with Crippen LogP contribution in [0.5, 0.6) is 0 Å². The number of carbonyl (C=O) groups excluding carboxylic acids is 1. The Morgan fingerprint density at radius 1 is 1.35 bits per heavy atom. The SMILES string of the molecule is CC1(C(=O)N2CCC[C@H]2C(=O)O)CCCCN1. The van der Waals surface area contributed by atoms with Crippen LogP contribution in [0.15, 0.2) is 0 Å². The van der Waals surface area contributed by atoms with Gasteiger partial charge in [0.15, 0.2) is 0 Å². The highest BCUT2D eigenvalue weighted by molar-refractivity contribution is 5.90. The molecular formula is C12H20N2O3. The van der Waals surface area contributed by atoms with Gasteiger partial charge in [-0.15, -0.1) is 0 Å². The number of likely N-dealkylation sites (tertiary alicyclic amines) is 1. The van der Waals surface area contributed by atoms with E-state index in [4.69, 9.17) is 5.11 Å². The number of nitrogens with one attached hydrogen (secondary N) is 1. The standard InChI is InChI=1S/C12H20N2O3/c1-12(6-2-3-7-13-12)11(17)14-8-4-5-9(14)10(15)16/h9,13H,2-8H2,1H3,(H,15,16)/t9-,12?/m0/s1. The number of aliphatic carboxylic acids is 1. The third-order valence-electron chi connectivity index (χ3n) is 3.89. The van der Waals surface area contributed by atoms with Crippen LogP contribution < -0.4 is 5.32 Å². The summed E-state index contributed by atoms with van der Waals surface area (Å²) in [6.07, 6.45) is 4.29. The van der Waals surface area contributed by atoms with E-state index in [0.29, 0.717) is 13.0 Å². The Hall–Kier alpha value is -1.10. The second-order valence-corrected chi connectivity index (χ2v) is 5.21. The average Bonchev–Trinajstić information content (AvgIpc) is 2.77. The third-order valence-corrected chi connectivity index (χ3v) is 3.89. The molecule has 0 aliphatic carbocycles. The maximum atomic E-state index is 12.4. The van der Waals surface area contributed by atoms with E-state index in [1.54, 1.807) is 4.90 Å². The summed E-state index contributed by atoms with van der Waals surface area (Å²) in [5.41, 5.74) is -0.559. The van der Waals surface area contributed by atoms with Crippen molar-refractivity contribution in [3.05, 3.63) is 0 Å². The van der Waals surface area contributed by atoms with Crippen LogP contribution in [0.3, 0.4) is 0 Å². The van der Waals surface area contributed by atoms with Crippen molar-refractivity contribution in [1.29, 1.82) is 0 Å². The summed E-state index contributed by atoms with van der Waals surface area (Å²) < 4.78 is 0. The number of carboxylic acids is 1. The first-order chi connectivity index (χ1) is 8.04. The summed E-state index contributed by atoms with van der Waals surface area (Å²) in [6, 6.07) is -0.622. The lowest BCUT2D eigenvalue weighted by Crippen LogP contribution is -2.59. The van der Waals surface area contributed by atoms with Gasteiger partial charge >= 0.3 is 5.97 Å².